The summed E-state index contributed by atoms with van der Waals surface area (Å²) >= 11 is 1.58. The number of amides is 2. The number of halogens is 1. The second kappa shape index (κ2) is 12.3. The van der Waals surface area contributed by atoms with E-state index in [1.165, 1.54) is 12.1 Å². The van der Waals surface area contributed by atoms with Crippen LogP contribution in [0.4, 0.5) is 4.39 Å². The summed E-state index contributed by atoms with van der Waals surface area (Å²) in [5, 5.41) is 1.97. The molecule has 0 atom stereocenters. The Hall–Kier alpha value is -2.25. The topological polar surface area (TPSA) is 49.9 Å². The van der Waals surface area contributed by atoms with E-state index >= 15 is 0 Å². The van der Waals surface area contributed by atoms with Crippen LogP contribution in [0.3, 0.4) is 0 Å². The average Bonchev–Trinajstić information content (AvgIpc) is 3.23. The molecule has 1 aromatic carbocycles. The Morgan fingerprint density at radius 2 is 1.83 bits per heavy atom. The molecule has 0 aliphatic carbocycles. The van der Waals surface area contributed by atoms with Gasteiger partial charge in [-0.05, 0) is 35.6 Å². The number of rotatable bonds is 12. The number of hydrogen-bond acceptors (Lipinski definition) is 4. The highest BCUT2D eigenvalue weighted by atomic mass is 32.1. The number of carbonyl (C=O) groups excluding carboxylic acids is 2. The third-order valence-corrected chi connectivity index (χ3v) is 5.42. The summed E-state index contributed by atoms with van der Waals surface area (Å²) in [7, 11) is 1.58. The Morgan fingerprint density at radius 3 is 2.45 bits per heavy atom. The Labute approximate surface area is 176 Å². The van der Waals surface area contributed by atoms with E-state index < -0.39 is 0 Å². The molecule has 0 bridgehead atoms. The SMILES string of the molecule is CCCCC(=O)N(CCOC)CC(=O)N(Cc1ccc(F)cc1)Cc1cccs1. The minimum Gasteiger partial charge on any atom is -0.383 e. The molecule has 5 nitrogen and oxygen atoms in total. The van der Waals surface area contributed by atoms with E-state index in [0.717, 1.165) is 23.3 Å². The number of ether oxygens (including phenoxy) is 1. The lowest BCUT2D eigenvalue weighted by Crippen LogP contribution is -2.43. The molecule has 2 amide bonds. The molecule has 0 saturated carbocycles. The Balaban J connectivity index is 2.12. The fourth-order valence-corrected chi connectivity index (χ4v) is 3.60. The van der Waals surface area contributed by atoms with E-state index in [9.17, 15) is 14.0 Å². The van der Waals surface area contributed by atoms with Gasteiger partial charge >= 0.3 is 0 Å². The zero-order valence-electron chi connectivity index (χ0n) is 17.1. The van der Waals surface area contributed by atoms with Gasteiger partial charge in [0.1, 0.15) is 5.82 Å². The molecule has 2 aromatic rings. The number of nitrogens with zero attached hydrogens (tertiary/aromatic N) is 2. The molecule has 0 aliphatic rings. The molecule has 0 unspecified atom stereocenters. The first-order valence-electron chi connectivity index (χ1n) is 9.84. The molecule has 2 rings (SSSR count). The van der Waals surface area contributed by atoms with Crippen LogP contribution < -0.4 is 0 Å². The van der Waals surface area contributed by atoms with E-state index in [1.807, 2.05) is 24.4 Å². The van der Waals surface area contributed by atoms with Gasteiger partial charge in [0.2, 0.25) is 11.8 Å². The lowest BCUT2D eigenvalue weighted by atomic mass is 10.2. The number of methoxy groups -OCH3 is 1. The van der Waals surface area contributed by atoms with Crippen molar-refractivity contribution in [3.05, 3.63) is 58.0 Å². The van der Waals surface area contributed by atoms with Crippen LogP contribution in [0, 0.1) is 5.82 Å². The minimum absolute atomic E-state index is 0.0124. The van der Waals surface area contributed by atoms with E-state index in [1.54, 1.807) is 40.4 Å². The molecule has 0 radical (unpaired) electrons. The zero-order valence-corrected chi connectivity index (χ0v) is 17.9. The van der Waals surface area contributed by atoms with Gasteiger partial charge in [-0.25, -0.2) is 4.39 Å². The number of benzene rings is 1. The van der Waals surface area contributed by atoms with Crippen LogP contribution in [0.2, 0.25) is 0 Å². The normalized spacial score (nSPS) is 10.7. The zero-order chi connectivity index (χ0) is 21.1. The maximum atomic E-state index is 13.2. The lowest BCUT2D eigenvalue weighted by Gasteiger charge is -2.27. The largest absolute Gasteiger partial charge is 0.383 e. The summed E-state index contributed by atoms with van der Waals surface area (Å²) in [5.41, 5.74) is 0.844. The maximum absolute atomic E-state index is 13.2. The van der Waals surface area contributed by atoms with Crippen LogP contribution in [0.25, 0.3) is 0 Å². The molecule has 0 aliphatic heterocycles. The quantitative estimate of drug-likeness (QED) is 0.520. The third kappa shape index (κ3) is 7.95. The molecule has 1 aromatic heterocycles. The van der Waals surface area contributed by atoms with Crippen molar-refractivity contribution in [2.45, 2.75) is 39.3 Å². The Kier molecular flexibility index (Phi) is 9.80. The molecule has 158 valence electrons. The predicted molar refractivity (Wildman–Crippen MR) is 113 cm³/mol. The minimum atomic E-state index is -0.308. The van der Waals surface area contributed by atoms with Crippen LogP contribution in [0.5, 0.6) is 0 Å². The first-order chi connectivity index (χ1) is 14.0. The predicted octanol–water partition coefficient (Wildman–Crippen LogP) is 4.08. The summed E-state index contributed by atoms with van der Waals surface area (Å²) in [6, 6.07) is 10.1. The summed E-state index contributed by atoms with van der Waals surface area (Å²) in [4.78, 5) is 30.0. The molecular weight excluding hydrogens is 391 g/mol. The number of hydrogen-bond donors (Lipinski definition) is 0. The summed E-state index contributed by atoms with van der Waals surface area (Å²) in [6.07, 6.45) is 2.15. The third-order valence-electron chi connectivity index (χ3n) is 4.55. The average molecular weight is 421 g/mol. The van der Waals surface area contributed by atoms with Crippen LogP contribution >= 0.6 is 11.3 Å². The molecule has 0 saturated heterocycles. The standard InChI is InChI=1S/C22H29FN2O3S/c1-3-4-7-21(26)24(12-13-28-2)17-22(27)25(16-20-6-5-14-29-20)15-18-8-10-19(23)11-9-18/h5-6,8-11,14H,3-4,7,12-13,15-17H2,1-2H3. The monoisotopic (exact) mass is 420 g/mol. The van der Waals surface area contributed by atoms with Crippen molar-refractivity contribution in [3.8, 4) is 0 Å². The van der Waals surface area contributed by atoms with E-state index in [4.69, 9.17) is 4.74 Å². The fourth-order valence-electron chi connectivity index (χ4n) is 2.88. The Morgan fingerprint density at radius 1 is 1.07 bits per heavy atom. The van der Waals surface area contributed by atoms with Gasteiger partial charge < -0.3 is 14.5 Å². The van der Waals surface area contributed by atoms with Crippen molar-refractivity contribution >= 4 is 23.2 Å². The van der Waals surface area contributed by atoms with Crippen LogP contribution in [0.15, 0.2) is 41.8 Å². The van der Waals surface area contributed by atoms with Crippen molar-refractivity contribution < 1.29 is 18.7 Å². The van der Waals surface area contributed by atoms with Crippen LogP contribution in [-0.2, 0) is 27.4 Å². The van der Waals surface area contributed by atoms with E-state index in [2.05, 4.69) is 0 Å². The first kappa shape index (κ1) is 23.0. The molecule has 0 fully saturated rings. The van der Waals surface area contributed by atoms with Crippen LogP contribution in [0.1, 0.15) is 36.6 Å². The molecule has 29 heavy (non-hydrogen) atoms. The Bertz CT molecular complexity index is 750. The van der Waals surface area contributed by atoms with Gasteiger partial charge in [-0.1, -0.05) is 31.5 Å². The van der Waals surface area contributed by atoms with Crippen molar-refractivity contribution in [1.29, 1.82) is 0 Å². The number of unbranched alkanes of at least 4 members (excludes halogenated alkanes) is 1. The van der Waals surface area contributed by atoms with Gasteiger partial charge in [0.15, 0.2) is 0 Å². The maximum Gasteiger partial charge on any atom is 0.242 e. The number of thiophene rings is 1. The van der Waals surface area contributed by atoms with Gasteiger partial charge in [-0.2, -0.15) is 0 Å². The van der Waals surface area contributed by atoms with Crippen LogP contribution in [-0.4, -0.2) is 48.4 Å². The number of carbonyl (C=O) groups is 2. The van der Waals surface area contributed by atoms with Crippen molar-refractivity contribution in [2.75, 3.05) is 26.8 Å². The van der Waals surface area contributed by atoms with Crippen molar-refractivity contribution in [2.24, 2.45) is 0 Å². The molecule has 7 heteroatoms. The highest BCUT2D eigenvalue weighted by Gasteiger charge is 2.21. The van der Waals surface area contributed by atoms with Gasteiger partial charge in [0.05, 0.1) is 19.7 Å². The van der Waals surface area contributed by atoms with E-state index in [0.29, 0.717) is 32.7 Å². The van der Waals surface area contributed by atoms with E-state index in [-0.39, 0.29) is 24.2 Å². The summed E-state index contributed by atoms with van der Waals surface area (Å²) < 4.78 is 18.3. The smallest absolute Gasteiger partial charge is 0.242 e. The van der Waals surface area contributed by atoms with Gasteiger partial charge in [-0.15, -0.1) is 11.3 Å². The van der Waals surface area contributed by atoms with Gasteiger partial charge in [-0.3, -0.25) is 9.59 Å². The van der Waals surface area contributed by atoms with Gasteiger partial charge in [0.25, 0.3) is 0 Å². The first-order valence-corrected chi connectivity index (χ1v) is 10.7. The van der Waals surface area contributed by atoms with Crippen molar-refractivity contribution in [3.63, 3.8) is 0 Å². The summed E-state index contributed by atoms with van der Waals surface area (Å²) in [5.74, 6) is -0.476. The second-order valence-corrected chi connectivity index (χ2v) is 7.90. The van der Waals surface area contributed by atoms with Gasteiger partial charge in [0, 0.05) is 31.5 Å². The highest BCUT2D eigenvalue weighted by molar-refractivity contribution is 7.09. The molecular formula is C22H29FN2O3S. The lowest BCUT2D eigenvalue weighted by molar-refractivity contribution is -0.141. The molecule has 1 heterocycles. The molecule has 0 spiro atoms. The summed E-state index contributed by atoms with van der Waals surface area (Å²) in [6.45, 7) is 3.62. The molecule has 0 N–H and O–H groups in total. The fraction of sp³-hybridized carbons (Fsp3) is 0.455. The van der Waals surface area contributed by atoms with Crippen molar-refractivity contribution in [1.82, 2.24) is 9.80 Å². The highest BCUT2D eigenvalue weighted by Crippen LogP contribution is 2.16. The second-order valence-electron chi connectivity index (χ2n) is 6.87.